The van der Waals surface area contributed by atoms with Crippen molar-refractivity contribution in [1.82, 2.24) is 0 Å². The van der Waals surface area contributed by atoms with Crippen LogP contribution >= 0.6 is 27.3 Å². The molecule has 1 aliphatic rings. The number of carbonyl (C=O) groups excluding carboxylic acids is 3. The normalized spacial score (nSPS) is 12.5. The second-order valence-electron chi connectivity index (χ2n) is 6.40. The van der Waals surface area contributed by atoms with Crippen LogP contribution in [-0.2, 0) is 9.59 Å². The fourth-order valence-corrected chi connectivity index (χ4v) is 3.97. The summed E-state index contributed by atoms with van der Waals surface area (Å²) >= 11 is 4.82. The molecule has 0 atom stereocenters. The third kappa shape index (κ3) is 5.42. The molecule has 1 aliphatic heterocycles. The second kappa shape index (κ2) is 9.34. The molecule has 28 heavy (non-hydrogen) atoms. The van der Waals surface area contributed by atoms with E-state index in [1.807, 2.05) is 13.0 Å². The Morgan fingerprint density at radius 2 is 1.71 bits per heavy atom. The summed E-state index contributed by atoms with van der Waals surface area (Å²) in [4.78, 5) is 38.0. The number of aryl methyl sites for hydroxylation is 1. The molecular formula is C20H20BrNO5S. The molecule has 8 heteroatoms. The van der Waals surface area contributed by atoms with E-state index in [9.17, 15) is 14.4 Å². The van der Waals surface area contributed by atoms with Crippen LogP contribution in [0.15, 0.2) is 28.7 Å². The first-order valence-electron chi connectivity index (χ1n) is 8.92. The molecule has 0 aliphatic carbocycles. The zero-order chi connectivity index (χ0) is 20.1. The highest BCUT2D eigenvalue weighted by molar-refractivity contribution is 9.10. The molecule has 0 bridgehead atoms. The highest BCUT2D eigenvalue weighted by Gasteiger charge is 2.17. The molecule has 0 saturated heterocycles. The molecule has 0 radical (unpaired) electrons. The average Bonchev–Trinajstić information content (AvgIpc) is 3.11. The van der Waals surface area contributed by atoms with Crippen molar-refractivity contribution >= 4 is 50.4 Å². The topological polar surface area (TPSA) is 81.7 Å². The number of amides is 1. The number of ketones is 2. The summed E-state index contributed by atoms with van der Waals surface area (Å²) in [7, 11) is 0. The van der Waals surface area contributed by atoms with Gasteiger partial charge >= 0.3 is 0 Å². The Hall–Kier alpha value is -2.19. The summed E-state index contributed by atoms with van der Waals surface area (Å²) in [5, 5.41) is 2.77. The predicted octanol–water partition coefficient (Wildman–Crippen LogP) is 4.54. The number of hydrogen-bond donors (Lipinski definition) is 1. The number of fused-ring (bicyclic) bond motifs is 1. The Morgan fingerprint density at radius 1 is 1.04 bits per heavy atom. The smallest absolute Gasteiger partial charge is 0.224 e. The number of anilines is 1. The lowest BCUT2D eigenvalue weighted by Crippen LogP contribution is -2.17. The summed E-state index contributed by atoms with van der Waals surface area (Å²) < 4.78 is 11.7. The van der Waals surface area contributed by atoms with Gasteiger partial charge in [-0.25, -0.2) is 0 Å². The van der Waals surface area contributed by atoms with E-state index in [1.165, 1.54) is 11.3 Å². The number of benzene rings is 1. The van der Waals surface area contributed by atoms with Crippen LogP contribution in [0.25, 0.3) is 0 Å². The minimum Gasteiger partial charge on any atom is -0.486 e. The zero-order valence-electron chi connectivity index (χ0n) is 15.4. The van der Waals surface area contributed by atoms with Crippen LogP contribution in [0.1, 0.15) is 40.2 Å². The number of carbonyl (C=O) groups is 3. The van der Waals surface area contributed by atoms with Gasteiger partial charge in [0, 0.05) is 47.2 Å². The molecule has 1 N–H and O–H groups in total. The summed E-state index contributed by atoms with van der Waals surface area (Å²) in [6.45, 7) is 2.88. The van der Waals surface area contributed by atoms with E-state index >= 15 is 0 Å². The van der Waals surface area contributed by atoms with Gasteiger partial charge < -0.3 is 14.8 Å². The molecule has 0 saturated carbocycles. The van der Waals surface area contributed by atoms with E-state index < -0.39 is 0 Å². The van der Waals surface area contributed by atoms with Crippen LogP contribution in [0.2, 0.25) is 0 Å². The van der Waals surface area contributed by atoms with Gasteiger partial charge in [0.25, 0.3) is 0 Å². The van der Waals surface area contributed by atoms with Crippen LogP contribution < -0.4 is 14.8 Å². The van der Waals surface area contributed by atoms with E-state index in [2.05, 4.69) is 21.2 Å². The minimum absolute atomic E-state index is 0.0314. The van der Waals surface area contributed by atoms with Crippen molar-refractivity contribution in [1.29, 1.82) is 0 Å². The highest BCUT2D eigenvalue weighted by atomic mass is 79.9. The Kier molecular flexibility index (Phi) is 6.85. The molecule has 148 valence electrons. The summed E-state index contributed by atoms with van der Waals surface area (Å²) in [5.41, 5.74) is 0.560. The maximum absolute atomic E-state index is 12.2. The maximum Gasteiger partial charge on any atom is 0.224 e. The summed E-state index contributed by atoms with van der Waals surface area (Å²) in [6.07, 6.45) is 0.488. The second-order valence-corrected chi connectivity index (χ2v) is 8.54. The van der Waals surface area contributed by atoms with Crippen LogP contribution in [-0.4, -0.2) is 30.7 Å². The highest BCUT2D eigenvalue weighted by Crippen LogP contribution is 2.38. The standard InChI is InChI=1S/C20H20BrNO5S/c1-12-2-6-19(28-12)16(24)5-3-13(23)4-7-20(25)22-15-11-18-17(10-14(15)21)26-8-9-27-18/h2,6,10-11H,3-5,7-9H2,1H3,(H,22,25). The Morgan fingerprint density at radius 3 is 2.39 bits per heavy atom. The SMILES string of the molecule is Cc1ccc(C(=O)CCC(=O)CCC(=O)Nc2cc3c(cc2Br)OCCO3)s1. The lowest BCUT2D eigenvalue weighted by Gasteiger charge is -2.20. The van der Waals surface area contributed by atoms with E-state index in [0.717, 1.165) is 4.88 Å². The fraction of sp³-hybridized carbons (Fsp3) is 0.350. The van der Waals surface area contributed by atoms with Crippen molar-refractivity contribution in [3.8, 4) is 11.5 Å². The number of rotatable bonds is 8. The van der Waals surface area contributed by atoms with E-state index in [0.29, 0.717) is 39.8 Å². The van der Waals surface area contributed by atoms with Crippen LogP contribution in [0.3, 0.4) is 0 Å². The first kappa shape index (κ1) is 20.5. The number of hydrogen-bond acceptors (Lipinski definition) is 6. The average molecular weight is 466 g/mol. The number of halogens is 1. The molecule has 6 nitrogen and oxygen atoms in total. The van der Waals surface area contributed by atoms with Crippen LogP contribution in [0, 0.1) is 6.92 Å². The van der Waals surface area contributed by atoms with Gasteiger partial charge in [-0.3, -0.25) is 14.4 Å². The largest absolute Gasteiger partial charge is 0.486 e. The van der Waals surface area contributed by atoms with E-state index in [1.54, 1.807) is 18.2 Å². The maximum atomic E-state index is 12.2. The van der Waals surface area contributed by atoms with E-state index in [4.69, 9.17) is 9.47 Å². The molecule has 3 rings (SSSR count). The molecule has 1 aromatic heterocycles. The number of thiophene rings is 1. The van der Waals surface area contributed by atoms with Crippen molar-refractivity contribution < 1.29 is 23.9 Å². The van der Waals surface area contributed by atoms with Gasteiger partial charge in [-0.1, -0.05) is 0 Å². The predicted molar refractivity (Wildman–Crippen MR) is 111 cm³/mol. The zero-order valence-corrected chi connectivity index (χ0v) is 17.8. The molecular weight excluding hydrogens is 446 g/mol. The number of nitrogens with one attached hydrogen (secondary N) is 1. The molecule has 0 unspecified atom stereocenters. The Labute approximate surface area is 175 Å². The molecule has 2 heterocycles. The Balaban J connectivity index is 1.45. The summed E-state index contributed by atoms with van der Waals surface area (Å²) in [5.74, 6) is 0.792. The van der Waals surface area contributed by atoms with Gasteiger partial charge in [-0.2, -0.15) is 0 Å². The van der Waals surface area contributed by atoms with Gasteiger partial charge in [0.2, 0.25) is 5.91 Å². The van der Waals surface area contributed by atoms with Crippen LogP contribution in [0.4, 0.5) is 5.69 Å². The van der Waals surface area contributed by atoms with Gasteiger partial charge in [0.05, 0.1) is 10.6 Å². The molecule has 0 fully saturated rings. The van der Waals surface area contributed by atoms with Crippen molar-refractivity contribution in [3.05, 3.63) is 38.5 Å². The van der Waals surface area contributed by atoms with Crippen LogP contribution in [0.5, 0.6) is 11.5 Å². The first-order valence-corrected chi connectivity index (χ1v) is 10.5. The molecule has 0 spiro atoms. The monoisotopic (exact) mass is 465 g/mol. The molecule has 2 aromatic rings. The van der Waals surface area contributed by atoms with Crippen molar-refractivity contribution in [2.24, 2.45) is 0 Å². The first-order chi connectivity index (χ1) is 13.4. The summed E-state index contributed by atoms with van der Waals surface area (Å²) in [6, 6.07) is 7.11. The van der Waals surface area contributed by atoms with E-state index in [-0.39, 0.29) is 43.2 Å². The fourth-order valence-electron chi connectivity index (χ4n) is 2.71. The lowest BCUT2D eigenvalue weighted by molar-refractivity contribution is -0.122. The van der Waals surface area contributed by atoms with Gasteiger partial charge in [0.15, 0.2) is 17.3 Å². The lowest BCUT2D eigenvalue weighted by atomic mass is 10.1. The Bertz CT molecular complexity index is 908. The number of Topliss-reactive ketones (excluding diaryl/α,β-unsaturated/α-hetero) is 2. The van der Waals surface area contributed by atoms with Gasteiger partial charge in [0.1, 0.15) is 19.0 Å². The number of ether oxygens (including phenoxy) is 2. The van der Waals surface area contributed by atoms with Crippen molar-refractivity contribution in [3.63, 3.8) is 0 Å². The van der Waals surface area contributed by atoms with Gasteiger partial charge in [-0.05, 0) is 35.0 Å². The van der Waals surface area contributed by atoms with Gasteiger partial charge in [-0.15, -0.1) is 11.3 Å². The minimum atomic E-state index is -0.272. The van der Waals surface area contributed by atoms with Crippen molar-refractivity contribution in [2.75, 3.05) is 18.5 Å². The third-order valence-corrected chi connectivity index (χ3v) is 5.88. The quantitative estimate of drug-likeness (QED) is 0.578. The molecule has 1 aromatic carbocycles. The van der Waals surface area contributed by atoms with Crippen molar-refractivity contribution in [2.45, 2.75) is 32.6 Å². The third-order valence-electron chi connectivity index (χ3n) is 4.18. The molecule has 1 amide bonds.